The molecule has 70 valence electrons. The van der Waals surface area contributed by atoms with Gasteiger partial charge in [0.15, 0.2) is 0 Å². The summed E-state index contributed by atoms with van der Waals surface area (Å²) in [4.78, 5) is 32.6. The first-order valence-corrected chi connectivity index (χ1v) is 3.39. The smallest absolute Gasteiger partial charge is 0.332 e. The Bertz CT molecular complexity index is 433. The van der Waals surface area contributed by atoms with E-state index in [1.165, 1.54) is 14.1 Å². The van der Waals surface area contributed by atoms with Gasteiger partial charge in [0.05, 0.1) is 0 Å². The highest BCUT2D eigenvalue weighted by atomic mass is 16.3. The van der Waals surface area contributed by atoms with Gasteiger partial charge in [-0.15, -0.1) is 4.91 Å². The van der Waals surface area contributed by atoms with Crippen molar-refractivity contribution in [2.75, 3.05) is 5.73 Å². The fraction of sp³-hybridized carbons (Fsp3) is 0.333. The monoisotopic (exact) mass is 184 g/mol. The lowest BCUT2D eigenvalue weighted by molar-refractivity contribution is 0.692. The van der Waals surface area contributed by atoms with Crippen LogP contribution in [0, 0.1) is 4.91 Å². The van der Waals surface area contributed by atoms with Gasteiger partial charge < -0.3 is 5.73 Å². The highest BCUT2D eigenvalue weighted by molar-refractivity contribution is 5.55. The summed E-state index contributed by atoms with van der Waals surface area (Å²) >= 11 is 0. The van der Waals surface area contributed by atoms with Crippen LogP contribution in [0.5, 0.6) is 0 Å². The van der Waals surface area contributed by atoms with Crippen molar-refractivity contribution in [3.63, 3.8) is 0 Å². The maximum atomic E-state index is 11.2. The third-order valence-corrected chi connectivity index (χ3v) is 1.75. The van der Waals surface area contributed by atoms with E-state index in [9.17, 15) is 14.5 Å². The van der Waals surface area contributed by atoms with Gasteiger partial charge in [0.1, 0.15) is 5.69 Å². The van der Waals surface area contributed by atoms with Crippen LogP contribution in [0.4, 0.5) is 11.5 Å². The van der Waals surface area contributed by atoms with Crippen LogP contribution in [0.15, 0.2) is 14.8 Å². The first-order valence-electron chi connectivity index (χ1n) is 3.39. The first-order chi connectivity index (χ1) is 6.00. The minimum atomic E-state index is -0.710. The number of hydrogen-bond donors (Lipinski definition) is 1. The normalized spacial score (nSPS) is 10.0. The predicted octanol–water partition coefficient (Wildman–Crippen LogP) is -0.936. The summed E-state index contributed by atoms with van der Waals surface area (Å²) in [6, 6.07) is 0. The third kappa shape index (κ3) is 1.13. The summed E-state index contributed by atoms with van der Waals surface area (Å²) in [5.74, 6) is -0.340. The Morgan fingerprint density at radius 1 is 1.23 bits per heavy atom. The molecule has 1 rings (SSSR count). The van der Waals surface area contributed by atoms with Crippen molar-refractivity contribution < 1.29 is 0 Å². The lowest BCUT2D eigenvalue weighted by Gasteiger charge is -2.05. The number of aromatic nitrogens is 2. The Morgan fingerprint density at radius 3 is 2.23 bits per heavy atom. The van der Waals surface area contributed by atoms with Gasteiger partial charge in [-0.05, 0) is 5.18 Å². The lowest BCUT2D eigenvalue weighted by Crippen LogP contribution is -2.38. The lowest BCUT2D eigenvalue weighted by atomic mass is 10.4. The second-order valence-electron chi connectivity index (χ2n) is 2.53. The summed E-state index contributed by atoms with van der Waals surface area (Å²) < 4.78 is 1.73. The molecule has 1 heterocycles. The van der Waals surface area contributed by atoms with Crippen molar-refractivity contribution in [1.29, 1.82) is 0 Å². The Morgan fingerprint density at radius 2 is 1.77 bits per heavy atom. The SMILES string of the molecule is Cn1c(N=O)c(N)c(=O)n(C)c1=O. The molecule has 0 aliphatic heterocycles. The van der Waals surface area contributed by atoms with Crippen molar-refractivity contribution in [3.8, 4) is 0 Å². The molecule has 0 aliphatic rings. The standard InChI is InChI=1S/C6H8N4O3/c1-9-4(8-13)3(7)5(11)10(2)6(9)12/h7H2,1-2H3. The molecule has 0 atom stereocenters. The van der Waals surface area contributed by atoms with Gasteiger partial charge in [0.2, 0.25) is 5.82 Å². The van der Waals surface area contributed by atoms with Gasteiger partial charge in [0, 0.05) is 14.1 Å². The van der Waals surface area contributed by atoms with Crippen molar-refractivity contribution in [1.82, 2.24) is 9.13 Å². The Kier molecular flexibility index (Phi) is 2.01. The number of rotatable bonds is 1. The van der Waals surface area contributed by atoms with E-state index in [2.05, 4.69) is 5.18 Å². The quantitative estimate of drug-likeness (QED) is 0.569. The van der Waals surface area contributed by atoms with E-state index in [0.29, 0.717) is 0 Å². The van der Waals surface area contributed by atoms with Gasteiger partial charge in [0.25, 0.3) is 5.56 Å². The van der Waals surface area contributed by atoms with Gasteiger partial charge in [-0.1, -0.05) is 0 Å². The van der Waals surface area contributed by atoms with Gasteiger partial charge in [-0.25, -0.2) is 4.79 Å². The Balaban J connectivity index is 3.88. The molecule has 0 saturated heterocycles. The van der Waals surface area contributed by atoms with E-state index < -0.39 is 11.2 Å². The molecule has 0 radical (unpaired) electrons. The molecule has 0 aliphatic carbocycles. The number of hydrogen-bond acceptors (Lipinski definition) is 5. The van der Waals surface area contributed by atoms with Gasteiger partial charge in [-0.2, -0.15) is 0 Å². The van der Waals surface area contributed by atoms with Crippen LogP contribution >= 0.6 is 0 Å². The molecular formula is C6H8N4O3. The number of nitrogen functional groups attached to an aromatic ring is 1. The van der Waals surface area contributed by atoms with Crippen molar-refractivity contribution in [2.45, 2.75) is 0 Å². The van der Waals surface area contributed by atoms with Crippen molar-refractivity contribution >= 4 is 11.5 Å². The molecule has 7 nitrogen and oxygen atoms in total. The maximum Gasteiger partial charge on any atom is 0.332 e. The summed E-state index contributed by atoms with van der Waals surface area (Å²) in [6.45, 7) is 0. The van der Waals surface area contributed by atoms with Crippen LogP contribution in [-0.2, 0) is 14.1 Å². The van der Waals surface area contributed by atoms with Crippen LogP contribution < -0.4 is 17.0 Å². The predicted molar refractivity (Wildman–Crippen MR) is 46.8 cm³/mol. The minimum Gasteiger partial charge on any atom is -0.391 e. The second-order valence-corrected chi connectivity index (χ2v) is 2.53. The summed E-state index contributed by atoms with van der Waals surface area (Å²) in [7, 11) is 2.59. The molecule has 13 heavy (non-hydrogen) atoms. The fourth-order valence-electron chi connectivity index (χ4n) is 0.970. The largest absolute Gasteiger partial charge is 0.391 e. The Labute approximate surface area is 72.4 Å². The van der Waals surface area contributed by atoms with E-state index in [1.54, 1.807) is 0 Å². The number of nitroso groups, excluding NO2 is 1. The molecule has 1 aromatic heterocycles. The number of anilines is 1. The second kappa shape index (κ2) is 2.85. The fourth-order valence-corrected chi connectivity index (χ4v) is 0.970. The van der Waals surface area contributed by atoms with Crippen molar-refractivity contribution in [3.05, 3.63) is 25.7 Å². The molecule has 0 fully saturated rings. The summed E-state index contributed by atoms with van der Waals surface area (Å²) in [5, 5.41) is 2.51. The molecule has 0 bridgehead atoms. The zero-order chi connectivity index (χ0) is 10.2. The van der Waals surface area contributed by atoms with Gasteiger partial charge in [-0.3, -0.25) is 13.9 Å². The van der Waals surface area contributed by atoms with E-state index in [1.807, 2.05) is 0 Å². The molecular weight excluding hydrogens is 176 g/mol. The average molecular weight is 184 g/mol. The average Bonchev–Trinajstić information content (AvgIpc) is 2.13. The van der Waals surface area contributed by atoms with E-state index in [4.69, 9.17) is 5.73 Å². The minimum absolute atomic E-state index is 0.320. The zero-order valence-electron chi connectivity index (χ0n) is 7.14. The molecule has 0 spiro atoms. The van der Waals surface area contributed by atoms with Crippen LogP contribution in [0.1, 0.15) is 0 Å². The highest BCUT2D eigenvalue weighted by Gasteiger charge is 2.12. The molecule has 2 N–H and O–H groups in total. The molecule has 0 amide bonds. The van der Waals surface area contributed by atoms with Gasteiger partial charge >= 0.3 is 5.69 Å². The van der Waals surface area contributed by atoms with Crippen LogP contribution in [-0.4, -0.2) is 9.13 Å². The van der Waals surface area contributed by atoms with E-state index in [0.717, 1.165) is 9.13 Å². The molecule has 0 aromatic carbocycles. The van der Waals surface area contributed by atoms with Crippen molar-refractivity contribution in [2.24, 2.45) is 19.3 Å². The molecule has 7 heteroatoms. The molecule has 1 aromatic rings. The third-order valence-electron chi connectivity index (χ3n) is 1.75. The van der Waals surface area contributed by atoms with Crippen LogP contribution in [0.2, 0.25) is 0 Å². The first kappa shape index (κ1) is 9.17. The number of nitrogens with two attached hydrogens (primary N) is 1. The summed E-state index contributed by atoms with van der Waals surface area (Å²) in [6.07, 6.45) is 0. The van der Waals surface area contributed by atoms with E-state index >= 15 is 0 Å². The molecule has 0 unspecified atom stereocenters. The highest BCUT2D eigenvalue weighted by Crippen LogP contribution is 2.12. The maximum absolute atomic E-state index is 11.2. The zero-order valence-corrected chi connectivity index (χ0v) is 7.14. The molecule has 0 saturated carbocycles. The Hall–Kier alpha value is -1.92. The van der Waals surface area contributed by atoms with E-state index in [-0.39, 0.29) is 11.5 Å². The van der Waals surface area contributed by atoms with Crippen LogP contribution in [0.25, 0.3) is 0 Å². The summed E-state index contributed by atoms with van der Waals surface area (Å²) in [5.41, 5.74) is 3.62. The van der Waals surface area contributed by atoms with Crippen LogP contribution in [0.3, 0.4) is 0 Å². The number of nitrogens with zero attached hydrogens (tertiary/aromatic N) is 3. The topological polar surface area (TPSA) is 99.4 Å².